The predicted molar refractivity (Wildman–Crippen MR) is 107 cm³/mol. The van der Waals surface area contributed by atoms with Gasteiger partial charge >= 0.3 is 0 Å². The molecule has 2 fully saturated rings. The summed E-state index contributed by atoms with van der Waals surface area (Å²) in [5.41, 5.74) is 1.52. The topological polar surface area (TPSA) is 79.1 Å². The molecule has 1 aromatic heterocycles. The molecule has 0 N–H and O–H groups in total. The molecule has 8 nitrogen and oxygen atoms in total. The molecule has 1 unspecified atom stereocenters. The van der Waals surface area contributed by atoms with Gasteiger partial charge in [0.15, 0.2) is 5.58 Å². The molecule has 156 valence electrons. The molecule has 3 heterocycles. The average molecular weight is 400 g/mol. The minimum Gasteiger partial charge on any atom is -0.439 e. The van der Waals surface area contributed by atoms with E-state index in [1.807, 2.05) is 29.2 Å². The molecule has 1 aromatic carbocycles. The number of para-hydroxylation sites is 2. The second-order valence-electron chi connectivity index (χ2n) is 7.80. The zero-order valence-corrected chi connectivity index (χ0v) is 16.9. The Morgan fingerprint density at radius 1 is 1.24 bits per heavy atom. The number of benzene rings is 1. The summed E-state index contributed by atoms with van der Waals surface area (Å²) in [4.78, 5) is 35.6. The van der Waals surface area contributed by atoms with E-state index in [1.165, 1.54) is 0 Å². The van der Waals surface area contributed by atoms with E-state index < -0.39 is 0 Å². The molecule has 0 spiro atoms. The van der Waals surface area contributed by atoms with Crippen LogP contribution in [0.25, 0.3) is 11.1 Å². The van der Waals surface area contributed by atoms with Crippen molar-refractivity contribution >= 4 is 22.9 Å². The molecule has 4 rings (SSSR count). The van der Waals surface area contributed by atoms with Crippen molar-refractivity contribution in [2.45, 2.75) is 19.4 Å². The number of rotatable bonds is 6. The average Bonchev–Trinajstić information content (AvgIpc) is 3.15. The van der Waals surface area contributed by atoms with Gasteiger partial charge in [0, 0.05) is 46.2 Å². The molecule has 0 saturated carbocycles. The molecule has 8 heteroatoms. The van der Waals surface area contributed by atoms with Gasteiger partial charge in [0.25, 0.3) is 0 Å². The highest BCUT2D eigenvalue weighted by Gasteiger charge is 2.32. The SMILES string of the molecule is CN(Cc1nc2ccccc2o1)C(=O)C1CCC(=O)N(CCN2CCOCC2)C1. The van der Waals surface area contributed by atoms with Crippen LogP contribution in [0.1, 0.15) is 18.7 Å². The Balaban J connectivity index is 1.32. The van der Waals surface area contributed by atoms with Crippen molar-refractivity contribution in [1.29, 1.82) is 0 Å². The van der Waals surface area contributed by atoms with E-state index in [9.17, 15) is 9.59 Å². The lowest BCUT2D eigenvalue weighted by atomic mass is 9.96. The Morgan fingerprint density at radius 2 is 2.03 bits per heavy atom. The van der Waals surface area contributed by atoms with Crippen LogP contribution < -0.4 is 0 Å². The van der Waals surface area contributed by atoms with Gasteiger partial charge in [-0.05, 0) is 18.6 Å². The van der Waals surface area contributed by atoms with E-state index in [0.29, 0.717) is 38.4 Å². The van der Waals surface area contributed by atoms with Crippen molar-refractivity contribution in [3.8, 4) is 0 Å². The Kier molecular flexibility index (Phi) is 6.10. The number of aromatic nitrogens is 1. The van der Waals surface area contributed by atoms with Gasteiger partial charge in [-0.2, -0.15) is 0 Å². The zero-order valence-electron chi connectivity index (χ0n) is 16.9. The number of morpholine rings is 1. The first kappa shape index (κ1) is 19.8. The number of oxazole rings is 1. The Bertz CT molecular complexity index is 828. The maximum absolute atomic E-state index is 13.0. The number of likely N-dealkylation sites (tertiary alicyclic amines) is 1. The summed E-state index contributed by atoms with van der Waals surface area (Å²) in [6.45, 7) is 5.60. The summed E-state index contributed by atoms with van der Waals surface area (Å²) in [5.74, 6) is 0.532. The maximum atomic E-state index is 13.0. The monoisotopic (exact) mass is 400 g/mol. The first-order valence-corrected chi connectivity index (χ1v) is 10.3. The van der Waals surface area contributed by atoms with E-state index in [4.69, 9.17) is 9.15 Å². The van der Waals surface area contributed by atoms with Crippen LogP contribution in [0.5, 0.6) is 0 Å². The predicted octanol–water partition coefficient (Wildman–Crippen LogP) is 1.36. The molecule has 2 saturated heterocycles. The summed E-state index contributed by atoms with van der Waals surface area (Å²) in [5, 5.41) is 0. The molecule has 2 aliphatic heterocycles. The van der Waals surface area contributed by atoms with Crippen LogP contribution in [0.4, 0.5) is 0 Å². The van der Waals surface area contributed by atoms with Crippen LogP contribution in [-0.4, -0.2) is 84.5 Å². The number of hydrogen-bond acceptors (Lipinski definition) is 6. The van der Waals surface area contributed by atoms with Gasteiger partial charge in [-0.3, -0.25) is 14.5 Å². The summed E-state index contributed by atoms with van der Waals surface area (Å²) in [6, 6.07) is 7.57. The number of ether oxygens (including phenoxy) is 1. The van der Waals surface area contributed by atoms with E-state index in [1.54, 1.807) is 11.9 Å². The third-order valence-corrected chi connectivity index (χ3v) is 5.73. The number of hydrogen-bond donors (Lipinski definition) is 0. The second kappa shape index (κ2) is 8.92. The minimum atomic E-state index is -0.174. The van der Waals surface area contributed by atoms with Gasteiger partial charge in [0.05, 0.1) is 25.7 Å². The van der Waals surface area contributed by atoms with Crippen molar-refractivity contribution in [2.24, 2.45) is 5.92 Å². The number of piperidine rings is 1. The van der Waals surface area contributed by atoms with Gasteiger partial charge in [-0.15, -0.1) is 0 Å². The van der Waals surface area contributed by atoms with Crippen LogP contribution in [0.3, 0.4) is 0 Å². The largest absolute Gasteiger partial charge is 0.439 e. The molecular weight excluding hydrogens is 372 g/mol. The van der Waals surface area contributed by atoms with Crippen LogP contribution in [0, 0.1) is 5.92 Å². The van der Waals surface area contributed by atoms with Crippen molar-refractivity contribution in [3.63, 3.8) is 0 Å². The number of fused-ring (bicyclic) bond motifs is 1. The molecule has 2 aliphatic rings. The molecule has 0 aliphatic carbocycles. The molecule has 2 aromatic rings. The van der Waals surface area contributed by atoms with E-state index in [2.05, 4.69) is 9.88 Å². The third-order valence-electron chi connectivity index (χ3n) is 5.73. The van der Waals surface area contributed by atoms with Gasteiger partial charge in [0.1, 0.15) is 5.52 Å². The molecule has 0 radical (unpaired) electrons. The normalized spacial score (nSPS) is 20.9. The van der Waals surface area contributed by atoms with Crippen LogP contribution in [-0.2, 0) is 20.9 Å². The number of carbonyl (C=O) groups is 2. The molecule has 0 bridgehead atoms. The number of amides is 2. The van der Waals surface area contributed by atoms with E-state index in [0.717, 1.165) is 43.9 Å². The Hall–Kier alpha value is -2.45. The van der Waals surface area contributed by atoms with Crippen LogP contribution >= 0.6 is 0 Å². The quantitative estimate of drug-likeness (QED) is 0.729. The Morgan fingerprint density at radius 3 is 2.83 bits per heavy atom. The molecular formula is C21H28N4O4. The number of nitrogens with zero attached hydrogens (tertiary/aromatic N) is 4. The maximum Gasteiger partial charge on any atom is 0.227 e. The summed E-state index contributed by atoms with van der Waals surface area (Å²) >= 11 is 0. The fraction of sp³-hybridized carbons (Fsp3) is 0.571. The van der Waals surface area contributed by atoms with Gasteiger partial charge in [0.2, 0.25) is 17.7 Å². The molecule has 2 amide bonds. The molecule has 29 heavy (non-hydrogen) atoms. The second-order valence-corrected chi connectivity index (χ2v) is 7.80. The Labute approximate surface area is 170 Å². The highest BCUT2D eigenvalue weighted by atomic mass is 16.5. The zero-order chi connectivity index (χ0) is 20.2. The first-order chi connectivity index (χ1) is 14.1. The van der Waals surface area contributed by atoms with E-state index in [-0.39, 0.29) is 17.7 Å². The highest BCUT2D eigenvalue weighted by Crippen LogP contribution is 2.21. The third kappa shape index (κ3) is 4.76. The molecule has 1 atom stereocenters. The van der Waals surface area contributed by atoms with Crippen molar-refractivity contribution in [1.82, 2.24) is 19.7 Å². The highest BCUT2D eigenvalue weighted by molar-refractivity contribution is 5.83. The lowest BCUT2D eigenvalue weighted by Crippen LogP contribution is -2.49. The van der Waals surface area contributed by atoms with Gasteiger partial charge < -0.3 is 19.0 Å². The van der Waals surface area contributed by atoms with Crippen molar-refractivity contribution in [2.75, 3.05) is 53.0 Å². The van der Waals surface area contributed by atoms with Crippen LogP contribution in [0.2, 0.25) is 0 Å². The minimum absolute atomic E-state index is 0.0381. The van der Waals surface area contributed by atoms with Crippen molar-refractivity contribution in [3.05, 3.63) is 30.2 Å². The summed E-state index contributed by atoms with van der Waals surface area (Å²) in [7, 11) is 1.77. The fourth-order valence-electron chi connectivity index (χ4n) is 4.00. The lowest BCUT2D eigenvalue weighted by Gasteiger charge is -2.35. The first-order valence-electron chi connectivity index (χ1n) is 10.3. The smallest absolute Gasteiger partial charge is 0.227 e. The number of carbonyl (C=O) groups excluding carboxylic acids is 2. The van der Waals surface area contributed by atoms with Gasteiger partial charge in [-0.25, -0.2) is 4.98 Å². The van der Waals surface area contributed by atoms with Gasteiger partial charge in [-0.1, -0.05) is 12.1 Å². The standard InChI is InChI=1S/C21H28N4O4/c1-23(15-19-22-17-4-2-3-5-18(17)29-19)21(27)16-6-7-20(26)25(14-16)9-8-24-10-12-28-13-11-24/h2-5,16H,6-15H2,1H3. The fourth-order valence-corrected chi connectivity index (χ4v) is 4.00. The lowest BCUT2D eigenvalue weighted by molar-refractivity contribution is -0.143. The van der Waals surface area contributed by atoms with Crippen LogP contribution in [0.15, 0.2) is 28.7 Å². The summed E-state index contributed by atoms with van der Waals surface area (Å²) in [6.07, 6.45) is 1.03. The van der Waals surface area contributed by atoms with Crippen molar-refractivity contribution < 1.29 is 18.7 Å². The summed E-state index contributed by atoms with van der Waals surface area (Å²) < 4.78 is 11.1. The van der Waals surface area contributed by atoms with E-state index >= 15 is 0 Å².